The van der Waals surface area contributed by atoms with E-state index < -0.39 is 161 Å². The van der Waals surface area contributed by atoms with Gasteiger partial charge in [-0.2, -0.15) is 0 Å². The van der Waals surface area contributed by atoms with E-state index in [0.717, 1.165) is 39.1 Å². The molecule has 12 atom stereocenters. The third-order valence-electron chi connectivity index (χ3n) is 21.5. The summed E-state index contributed by atoms with van der Waals surface area (Å²) < 4.78 is 6.31. The number of para-hydroxylation sites is 1. The molecule has 0 saturated carbocycles. The van der Waals surface area contributed by atoms with E-state index in [9.17, 15) is 67.4 Å². The molecule has 0 aliphatic carbocycles. The van der Waals surface area contributed by atoms with E-state index in [1.807, 2.05) is 61.5 Å². The quantitative estimate of drug-likeness (QED) is 0.0257. The molecule has 2 saturated heterocycles. The molecule has 0 radical (unpaired) electrons. The Morgan fingerprint density at radius 1 is 0.608 bits per heavy atom. The number of aromatic nitrogens is 3. The summed E-state index contributed by atoms with van der Waals surface area (Å²) in [5, 5.41) is 56.6. The van der Waals surface area contributed by atoms with Gasteiger partial charge in [-0.3, -0.25) is 62.3 Å². The van der Waals surface area contributed by atoms with Gasteiger partial charge in [0.05, 0.1) is 42.6 Å². The van der Waals surface area contributed by atoms with Crippen molar-refractivity contribution in [1.29, 1.82) is 0 Å². The van der Waals surface area contributed by atoms with E-state index in [0.29, 0.717) is 60.2 Å². The molecule has 2 aliphatic heterocycles. The molecule has 4 heterocycles. The number of carbonyl (C=O) groups is 13. The SMILES string of the molecule is CC(C)C[C@H](NC(=O)C[C@H](O)[C@H](CC(C)C)NC(=O)[C@H](Cc1cnc[nH]1)NC(=O)CNC(=O)[C@@H](NC(=O)[C@H](C)NC(=O)[C@H](Cc1c[nH]c2ccccc12)NC(=O)[C@H](CCC(N)=O)NC(=O)[C@@H](Cc1ccccc1)NC(=O)CCC(C)(C)OCCC(C)(C)NC(=O)CCCC(=O)NC12CNCCNCC(C)(CN)CNCC(C1)NC2)C(C)C)C(N)=O. The van der Waals surface area contributed by atoms with Crippen molar-refractivity contribution in [2.45, 2.75) is 257 Å². The predicted octanol–water partition coefficient (Wildman–Crippen LogP) is -0.822. The largest absolute Gasteiger partial charge is 0.390 e. The third kappa shape index (κ3) is 34.6. The fourth-order valence-electron chi connectivity index (χ4n) is 14.5. The fourth-order valence-corrected chi connectivity index (χ4v) is 14.5. The smallest absolute Gasteiger partial charge is 0.243 e. The Balaban J connectivity index is 1.05. The molecule has 36 nitrogen and oxygen atoms in total. The third-order valence-corrected chi connectivity index (χ3v) is 21.5. The van der Waals surface area contributed by atoms with Crippen LogP contribution in [0, 0.1) is 23.2 Å². The van der Waals surface area contributed by atoms with E-state index >= 15 is 0 Å². The Hall–Kier alpha value is -9.98. The highest BCUT2D eigenvalue weighted by molar-refractivity contribution is 5.98. The number of nitrogens with two attached hydrogens (primary N) is 3. The maximum Gasteiger partial charge on any atom is 0.243 e. The molecule has 2 fully saturated rings. The van der Waals surface area contributed by atoms with Crippen LogP contribution < -0.4 is 97.0 Å². The van der Waals surface area contributed by atoms with E-state index in [4.69, 9.17) is 21.9 Å². The number of primary amides is 2. The molecule has 3 unspecified atom stereocenters. The summed E-state index contributed by atoms with van der Waals surface area (Å²) in [7, 11) is 0. The van der Waals surface area contributed by atoms with Gasteiger partial charge in [0.25, 0.3) is 0 Å². The first kappa shape index (κ1) is 98.8. The van der Waals surface area contributed by atoms with Crippen molar-refractivity contribution in [1.82, 2.24) is 94.7 Å². The van der Waals surface area contributed by atoms with E-state index in [1.54, 1.807) is 68.6 Å². The number of nitrogens with zero attached hydrogens (tertiary/aromatic N) is 1. The van der Waals surface area contributed by atoms with Crippen LogP contribution in [0.25, 0.3) is 10.9 Å². The minimum atomic E-state index is -1.53. The van der Waals surface area contributed by atoms with Crippen LogP contribution >= 0.6 is 0 Å². The van der Waals surface area contributed by atoms with Gasteiger partial charge in [-0.1, -0.05) is 97.0 Å². The molecule has 6 rings (SSSR count). The zero-order valence-electron chi connectivity index (χ0n) is 72.0. The topological polar surface area (TPSA) is 554 Å². The minimum Gasteiger partial charge on any atom is -0.390 e. The number of nitrogens with one attached hydrogen (secondary N) is 17. The molecule has 36 heteroatoms. The van der Waals surface area contributed by atoms with Crippen LogP contribution in [0.4, 0.5) is 0 Å². The first-order chi connectivity index (χ1) is 56.6. The molecule has 666 valence electrons. The number of benzene rings is 2. The molecule has 120 heavy (non-hydrogen) atoms. The Morgan fingerprint density at radius 3 is 1.89 bits per heavy atom. The van der Waals surface area contributed by atoms with Gasteiger partial charge in [-0.25, -0.2) is 4.98 Å². The second-order valence-corrected chi connectivity index (χ2v) is 35.0. The number of carbonyl (C=O) groups excluding carboxylic acids is 13. The molecule has 2 bridgehead atoms. The number of hydrogen-bond donors (Lipinski definition) is 21. The average Bonchev–Trinajstić information content (AvgIpc) is 1.69. The van der Waals surface area contributed by atoms with Crippen molar-refractivity contribution in [3.8, 4) is 0 Å². The molecule has 4 aromatic rings. The molecular formula is C84H135N21O15. The molecule has 2 aromatic heterocycles. The molecule has 2 aliphatic rings. The van der Waals surface area contributed by atoms with Crippen LogP contribution in [0.3, 0.4) is 0 Å². The lowest BCUT2D eigenvalue weighted by Gasteiger charge is -2.31. The zero-order chi connectivity index (χ0) is 88.5. The lowest BCUT2D eigenvalue weighted by molar-refractivity contribution is -0.135. The Bertz CT molecular complexity index is 4030. The first-order valence-electron chi connectivity index (χ1n) is 42.0. The van der Waals surface area contributed by atoms with E-state index in [1.165, 1.54) is 19.4 Å². The highest BCUT2D eigenvalue weighted by Gasteiger charge is 2.41. The number of hydrogen-bond acceptors (Lipinski definition) is 21. The summed E-state index contributed by atoms with van der Waals surface area (Å²) in [6.45, 7) is 26.6. The molecule has 2 aromatic carbocycles. The monoisotopic (exact) mass is 1680 g/mol. The summed E-state index contributed by atoms with van der Waals surface area (Å²) in [5.41, 5.74) is 17.5. The standard InChI is InChI=1S/C84H135N21O15/c1-50(2)33-61(66(106)38-71(111)97-62(74(87)113)34-51(3)4)101-79(118)65(37-56-41-91-49-95-56)99-72(112)43-93-80(119)73(52(5)6)103-75(114)53(7)96-77(116)64(36-55-40-92-59-22-17-16-21-58(55)59)102-76(115)60(25-26-67(86)107)100-78(117)63(35-54-19-14-13-15-20-54)98-68(108)27-28-82(10,11)120-32-29-81(8,9)104-69(109)23-18-24-70(110)105-84-39-57(94-48-84)42-90-46-83(12,44-85)45-88-30-31-89-47-84/h13-17,19-22,40-41,49-53,57,60-66,73,88-90,92,94,106H,18,23-39,42-48,85H2,1-12H3,(H2,86,107)(H2,87,113)(H,91,95)(H,93,119)(H,96,116)(H,97,111)(H,98,108)(H,99,112)(H,100,117)(H,101,118)(H,102,115)(H,103,114)(H,104,109)(H,105,110)/t53-,57?,60-,61-,62-,63+,64-,65-,66-,73-,83?,84?/m0/s1. The number of aliphatic hydroxyl groups is 1. The van der Waals surface area contributed by atoms with Crippen LogP contribution in [0.1, 0.15) is 177 Å². The molecule has 0 spiro atoms. The number of H-pyrrole nitrogens is 2. The van der Waals surface area contributed by atoms with Gasteiger partial charge in [-0.15, -0.1) is 0 Å². The van der Waals surface area contributed by atoms with E-state index in [2.05, 4.69) is 102 Å². The number of aliphatic hydroxyl groups excluding tert-OH is 1. The van der Waals surface area contributed by atoms with Crippen LogP contribution in [-0.2, 0) is 86.3 Å². The number of ether oxygens (including phenoxy) is 1. The molecule has 13 amide bonds. The lowest BCUT2D eigenvalue weighted by Crippen LogP contribution is -2.60. The van der Waals surface area contributed by atoms with Crippen LogP contribution in [0.2, 0.25) is 0 Å². The van der Waals surface area contributed by atoms with E-state index in [-0.39, 0.29) is 106 Å². The Morgan fingerprint density at radius 2 is 1.23 bits per heavy atom. The van der Waals surface area contributed by atoms with Crippen LogP contribution in [-0.4, -0.2) is 240 Å². The summed E-state index contributed by atoms with van der Waals surface area (Å²) in [5.74, 6) is -9.60. The fraction of sp³-hybridized carbons (Fsp3) is 0.643. The maximum absolute atomic E-state index is 14.8. The number of fused-ring (bicyclic) bond motifs is 3. The summed E-state index contributed by atoms with van der Waals surface area (Å²) in [4.78, 5) is 189. The van der Waals surface area contributed by atoms with Crippen molar-refractivity contribution in [2.24, 2.45) is 40.4 Å². The van der Waals surface area contributed by atoms with Crippen LogP contribution in [0.15, 0.2) is 73.3 Å². The van der Waals surface area contributed by atoms with Crippen molar-refractivity contribution < 1.29 is 72.2 Å². The lowest BCUT2D eigenvalue weighted by atomic mass is 9.90. The maximum atomic E-state index is 14.8. The predicted molar refractivity (Wildman–Crippen MR) is 454 cm³/mol. The number of rotatable bonds is 48. The van der Waals surface area contributed by atoms with Gasteiger partial charge in [0.2, 0.25) is 76.8 Å². The summed E-state index contributed by atoms with van der Waals surface area (Å²) in [6, 6.07) is 5.89. The van der Waals surface area contributed by atoms with Gasteiger partial charge in [-0.05, 0) is 115 Å². The van der Waals surface area contributed by atoms with Gasteiger partial charge >= 0.3 is 0 Å². The minimum absolute atomic E-state index is 0.0142. The van der Waals surface area contributed by atoms with Crippen molar-refractivity contribution >= 4 is 87.7 Å². The second-order valence-electron chi connectivity index (χ2n) is 35.0. The number of amides is 13. The Kier molecular flexibility index (Phi) is 39.4. The van der Waals surface area contributed by atoms with Gasteiger partial charge in [0.1, 0.15) is 42.3 Å². The average molecular weight is 1680 g/mol. The number of imidazole rings is 1. The van der Waals surface area contributed by atoms with Crippen molar-refractivity contribution in [3.05, 3.63) is 90.1 Å². The first-order valence-corrected chi connectivity index (χ1v) is 42.0. The van der Waals surface area contributed by atoms with Gasteiger partial charge < -0.3 is 117 Å². The summed E-state index contributed by atoms with van der Waals surface area (Å²) in [6.07, 6.45) is 3.86. The Labute approximate surface area is 704 Å². The molecular weight excluding hydrogens is 1540 g/mol. The van der Waals surface area contributed by atoms with Crippen LogP contribution in [0.5, 0.6) is 0 Å². The highest BCUT2D eigenvalue weighted by atomic mass is 16.5. The van der Waals surface area contributed by atoms with Crippen molar-refractivity contribution in [2.75, 3.05) is 65.5 Å². The van der Waals surface area contributed by atoms with Gasteiger partial charge in [0, 0.05) is 150 Å². The second kappa shape index (κ2) is 47.9. The molecule has 24 N–H and O–H groups in total. The van der Waals surface area contributed by atoms with Crippen molar-refractivity contribution in [3.63, 3.8) is 0 Å². The zero-order valence-corrected chi connectivity index (χ0v) is 72.0. The summed E-state index contributed by atoms with van der Waals surface area (Å²) >= 11 is 0. The highest BCUT2D eigenvalue weighted by Crippen LogP contribution is 2.25. The normalized spacial score (nSPS) is 18.9. The number of aromatic amines is 2. The van der Waals surface area contributed by atoms with Gasteiger partial charge in [0.15, 0.2) is 0 Å².